The zero-order valence-corrected chi connectivity index (χ0v) is 6.44. The molecule has 0 aromatic rings. The van der Waals surface area contributed by atoms with Crippen LogP contribution < -0.4 is 0 Å². The lowest BCUT2D eigenvalue weighted by atomic mass is 10.1. The summed E-state index contributed by atoms with van der Waals surface area (Å²) in [7, 11) is 1.30. The van der Waals surface area contributed by atoms with Crippen LogP contribution >= 0.6 is 11.8 Å². The minimum Gasteiger partial charge on any atom is -0.468 e. The van der Waals surface area contributed by atoms with E-state index in [2.05, 4.69) is 4.74 Å². The third-order valence-corrected chi connectivity index (χ3v) is 2.46. The van der Waals surface area contributed by atoms with Crippen molar-refractivity contribution in [1.29, 1.82) is 0 Å². The summed E-state index contributed by atoms with van der Waals surface area (Å²) in [5, 5.41) is 0. The van der Waals surface area contributed by atoms with Gasteiger partial charge in [0.25, 0.3) is 0 Å². The molecule has 1 fully saturated rings. The molecule has 4 heteroatoms. The van der Waals surface area contributed by atoms with Crippen molar-refractivity contribution in [2.45, 2.75) is 0 Å². The highest BCUT2D eigenvalue weighted by molar-refractivity contribution is 8.00. The number of hydrogen-bond acceptors (Lipinski definition) is 4. The minimum atomic E-state index is -0.491. The Hall–Kier alpha value is -0.510. The molecule has 0 radical (unpaired) electrons. The first-order valence-corrected chi connectivity index (χ1v) is 4.09. The van der Waals surface area contributed by atoms with Crippen molar-refractivity contribution in [3.8, 4) is 0 Å². The van der Waals surface area contributed by atoms with Crippen LogP contribution in [0.5, 0.6) is 0 Å². The highest BCUT2D eigenvalue weighted by Crippen LogP contribution is 2.20. The van der Waals surface area contributed by atoms with E-state index < -0.39 is 11.9 Å². The van der Waals surface area contributed by atoms with E-state index in [0.717, 1.165) is 0 Å². The zero-order valence-electron chi connectivity index (χ0n) is 5.62. The van der Waals surface area contributed by atoms with Crippen LogP contribution in [0.25, 0.3) is 0 Å². The Morgan fingerprint density at radius 2 is 2.50 bits per heavy atom. The van der Waals surface area contributed by atoms with Gasteiger partial charge < -0.3 is 4.74 Å². The standard InChI is InChI=1S/C6H8O3S/c1-9-6(8)4-2-10-3-5(4)7/h4H,2-3H2,1H3/t4-/m1/s1. The molecule has 56 valence electrons. The molecule has 0 aromatic heterocycles. The van der Waals surface area contributed by atoms with Gasteiger partial charge >= 0.3 is 5.97 Å². The molecule has 10 heavy (non-hydrogen) atoms. The fraction of sp³-hybridized carbons (Fsp3) is 0.667. The van der Waals surface area contributed by atoms with E-state index in [9.17, 15) is 9.59 Å². The first-order valence-electron chi connectivity index (χ1n) is 2.94. The molecular formula is C6H8O3S. The quantitative estimate of drug-likeness (QED) is 0.403. The van der Waals surface area contributed by atoms with E-state index in [1.165, 1.54) is 18.9 Å². The van der Waals surface area contributed by atoms with Crippen molar-refractivity contribution in [2.24, 2.45) is 5.92 Å². The number of ether oxygens (including phenoxy) is 1. The maximum Gasteiger partial charge on any atom is 0.317 e. The average molecular weight is 160 g/mol. The third kappa shape index (κ3) is 1.31. The highest BCUT2D eigenvalue weighted by Gasteiger charge is 2.32. The summed E-state index contributed by atoms with van der Waals surface area (Å²) in [6.07, 6.45) is 0. The molecule has 0 bridgehead atoms. The monoisotopic (exact) mass is 160 g/mol. The fourth-order valence-corrected chi connectivity index (χ4v) is 1.89. The van der Waals surface area contributed by atoms with Gasteiger partial charge in [0.2, 0.25) is 0 Å². The van der Waals surface area contributed by atoms with Gasteiger partial charge in [0, 0.05) is 5.75 Å². The molecule has 1 rings (SSSR count). The topological polar surface area (TPSA) is 43.4 Å². The predicted molar refractivity (Wildman–Crippen MR) is 37.8 cm³/mol. The minimum absolute atomic E-state index is 0.00292. The smallest absolute Gasteiger partial charge is 0.317 e. The van der Waals surface area contributed by atoms with Gasteiger partial charge in [-0.05, 0) is 0 Å². The number of methoxy groups -OCH3 is 1. The lowest BCUT2D eigenvalue weighted by Gasteiger charge is -2.01. The lowest BCUT2D eigenvalue weighted by molar-refractivity contribution is -0.147. The van der Waals surface area contributed by atoms with Crippen LogP contribution in [0.3, 0.4) is 0 Å². The van der Waals surface area contributed by atoms with Crippen LogP contribution in [-0.4, -0.2) is 30.4 Å². The Morgan fingerprint density at radius 1 is 1.80 bits per heavy atom. The molecule has 1 saturated heterocycles. The fourth-order valence-electron chi connectivity index (χ4n) is 0.813. The Balaban J connectivity index is 2.55. The number of carbonyl (C=O) groups excluding carboxylic acids is 2. The van der Waals surface area contributed by atoms with Crippen molar-refractivity contribution in [3.05, 3.63) is 0 Å². The number of thioether (sulfide) groups is 1. The van der Waals surface area contributed by atoms with E-state index in [1.807, 2.05) is 0 Å². The van der Waals surface area contributed by atoms with Gasteiger partial charge in [-0.1, -0.05) is 0 Å². The zero-order chi connectivity index (χ0) is 7.56. The van der Waals surface area contributed by atoms with Crippen LogP contribution in [0, 0.1) is 5.92 Å². The lowest BCUT2D eigenvalue weighted by Crippen LogP contribution is -2.23. The van der Waals surface area contributed by atoms with Gasteiger partial charge in [-0.2, -0.15) is 11.8 Å². The van der Waals surface area contributed by atoms with Crippen molar-refractivity contribution < 1.29 is 14.3 Å². The summed E-state index contributed by atoms with van der Waals surface area (Å²) in [5.41, 5.74) is 0. The first kappa shape index (κ1) is 7.60. The summed E-state index contributed by atoms with van der Waals surface area (Å²) in [4.78, 5) is 21.6. The Morgan fingerprint density at radius 3 is 2.90 bits per heavy atom. The Bertz CT molecular complexity index is 166. The van der Waals surface area contributed by atoms with Crippen LogP contribution in [0.1, 0.15) is 0 Å². The van der Waals surface area contributed by atoms with Gasteiger partial charge in [0.05, 0.1) is 12.9 Å². The predicted octanol–water partition coefficient (Wildman–Crippen LogP) is 0.0915. The number of rotatable bonds is 1. The Kier molecular flexibility index (Phi) is 2.32. The first-order chi connectivity index (χ1) is 4.75. The molecule has 0 aliphatic carbocycles. The summed E-state index contributed by atoms with van der Waals surface area (Å²) < 4.78 is 4.43. The van der Waals surface area contributed by atoms with E-state index in [0.29, 0.717) is 11.5 Å². The molecular weight excluding hydrogens is 152 g/mol. The molecule has 1 atom stereocenters. The number of carbonyl (C=O) groups is 2. The van der Waals surface area contributed by atoms with Crippen LogP contribution in [-0.2, 0) is 14.3 Å². The molecule has 0 N–H and O–H groups in total. The van der Waals surface area contributed by atoms with Gasteiger partial charge in [-0.25, -0.2) is 0 Å². The molecule has 0 aromatic carbocycles. The maximum absolute atomic E-state index is 10.9. The van der Waals surface area contributed by atoms with Gasteiger partial charge in [0.15, 0.2) is 5.78 Å². The average Bonchev–Trinajstić information content (AvgIpc) is 2.34. The molecule has 0 unspecified atom stereocenters. The molecule has 1 aliphatic heterocycles. The summed E-state index contributed by atoms with van der Waals surface area (Å²) >= 11 is 1.48. The number of Topliss-reactive ketones (excluding diaryl/α,β-unsaturated/α-hetero) is 1. The van der Waals surface area contributed by atoms with Crippen molar-refractivity contribution in [3.63, 3.8) is 0 Å². The Labute approximate surface area is 63.1 Å². The van der Waals surface area contributed by atoms with Crippen molar-refractivity contribution in [1.82, 2.24) is 0 Å². The molecule has 1 aliphatic rings. The molecule has 0 amide bonds. The second kappa shape index (κ2) is 3.05. The second-order valence-electron chi connectivity index (χ2n) is 2.06. The van der Waals surface area contributed by atoms with Crippen molar-refractivity contribution >= 4 is 23.5 Å². The molecule has 0 spiro atoms. The second-order valence-corrected chi connectivity index (χ2v) is 3.09. The van der Waals surface area contributed by atoms with Crippen LogP contribution in [0.4, 0.5) is 0 Å². The number of hydrogen-bond donors (Lipinski definition) is 0. The summed E-state index contributed by atoms with van der Waals surface area (Å²) in [6.45, 7) is 0. The van der Waals surface area contributed by atoms with Gasteiger partial charge in [-0.3, -0.25) is 9.59 Å². The van der Waals surface area contributed by atoms with Crippen LogP contribution in [0.2, 0.25) is 0 Å². The third-order valence-electron chi connectivity index (χ3n) is 1.40. The van der Waals surface area contributed by atoms with Crippen molar-refractivity contribution in [2.75, 3.05) is 18.6 Å². The molecule has 0 saturated carbocycles. The summed E-state index contributed by atoms with van der Waals surface area (Å²) in [5.74, 6) is 0.160. The summed E-state index contributed by atoms with van der Waals surface area (Å²) in [6, 6.07) is 0. The maximum atomic E-state index is 10.9. The number of esters is 1. The van der Waals surface area contributed by atoms with Crippen LogP contribution in [0.15, 0.2) is 0 Å². The largest absolute Gasteiger partial charge is 0.468 e. The van der Waals surface area contributed by atoms with E-state index in [1.54, 1.807) is 0 Å². The molecule has 3 nitrogen and oxygen atoms in total. The SMILES string of the molecule is COC(=O)[C@@H]1CSCC1=O. The molecule has 1 heterocycles. The van der Waals surface area contributed by atoms with E-state index in [4.69, 9.17) is 0 Å². The van der Waals surface area contributed by atoms with Gasteiger partial charge in [-0.15, -0.1) is 0 Å². The number of ketones is 1. The normalized spacial score (nSPS) is 24.9. The van der Waals surface area contributed by atoms with Gasteiger partial charge in [0.1, 0.15) is 5.92 Å². The van der Waals surface area contributed by atoms with E-state index in [-0.39, 0.29) is 5.78 Å². The van der Waals surface area contributed by atoms with E-state index >= 15 is 0 Å². The highest BCUT2D eigenvalue weighted by atomic mass is 32.2.